The summed E-state index contributed by atoms with van der Waals surface area (Å²) in [6.07, 6.45) is 0. The van der Waals surface area contributed by atoms with E-state index in [-0.39, 0.29) is 5.56 Å². The molecule has 1 aromatic heterocycles. The van der Waals surface area contributed by atoms with Gasteiger partial charge in [0, 0.05) is 16.5 Å². The van der Waals surface area contributed by atoms with Crippen molar-refractivity contribution in [2.24, 2.45) is 0 Å². The van der Waals surface area contributed by atoms with Gasteiger partial charge in [-0.05, 0) is 36.4 Å². The van der Waals surface area contributed by atoms with Gasteiger partial charge in [0.15, 0.2) is 23.2 Å². The van der Waals surface area contributed by atoms with Crippen molar-refractivity contribution in [3.8, 4) is 34.3 Å². The number of carbonyl (C=O) groups excluding carboxylic acids is 3. The predicted molar refractivity (Wildman–Crippen MR) is 132 cm³/mol. The molecule has 0 unspecified atom stereocenters. The van der Waals surface area contributed by atoms with Gasteiger partial charge in [-0.1, -0.05) is 0 Å². The third-order valence-corrected chi connectivity index (χ3v) is 5.59. The van der Waals surface area contributed by atoms with Crippen LogP contribution in [0.15, 0.2) is 41.8 Å². The van der Waals surface area contributed by atoms with Crippen molar-refractivity contribution in [1.82, 2.24) is 10.3 Å². The fourth-order valence-corrected chi connectivity index (χ4v) is 3.78. The van der Waals surface area contributed by atoms with Crippen LogP contribution in [0.25, 0.3) is 11.3 Å². The molecule has 0 bridgehead atoms. The van der Waals surface area contributed by atoms with E-state index in [0.29, 0.717) is 39.4 Å². The number of benzene rings is 2. The minimum absolute atomic E-state index is 0.269. The lowest BCUT2D eigenvalue weighted by Gasteiger charge is -2.10. The molecule has 36 heavy (non-hydrogen) atoms. The van der Waals surface area contributed by atoms with Crippen LogP contribution in [0.1, 0.15) is 10.4 Å². The summed E-state index contributed by atoms with van der Waals surface area (Å²) in [6.45, 7) is -0.958. The molecule has 0 saturated carbocycles. The number of nitrogens with zero attached hydrogens (tertiary/aromatic N) is 1. The van der Waals surface area contributed by atoms with Gasteiger partial charge in [-0.25, -0.2) is 4.98 Å². The molecule has 0 aliphatic heterocycles. The molecule has 0 aliphatic carbocycles. The molecule has 0 atom stereocenters. The Morgan fingerprint density at radius 2 is 1.61 bits per heavy atom. The minimum atomic E-state index is -0.778. The van der Waals surface area contributed by atoms with Gasteiger partial charge in [-0.15, -0.1) is 11.3 Å². The molecule has 3 rings (SSSR count). The maximum absolute atomic E-state index is 12.3. The molecule has 2 N–H and O–H groups in total. The van der Waals surface area contributed by atoms with E-state index in [1.807, 2.05) is 0 Å². The molecule has 2 aromatic carbocycles. The topological polar surface area (TPSA) is 134 Å². The molecule has 2 amide bonds. The molecule has 0 spiro atoms. The number of anilines is 1. The second-order valence-corrected chi connectivity index (χ2v) is 7.92. The SMILES string of the molecule is COc1ccc(OC)c(-c2csc(NC(=O)COC(=O)CNC(=O)c3ccc(OC)c(OC)c3)n2)c1. The van der Waals surface area contributed by atoms with Gasteiger partial charge in [0.2, 0.25) is 0 Å². The van der Waals surface area contributed by atoms with Gasteiger partial charge < -0.3 is 29.0 Å². The van der Waals surface area contributed by atoms with Crippen LogP contribution in [0.2, 0.25) is 0 Å². The zero-order valence-electron chi connectivity index (χ0n) is 20.1. The minimum Gasteiger partial charge on any atom is -0.497 e. The molecule has 12 heteroatoms. The number of methoxy groups -OCH3 is 4. The Balaban J connectivity index is 1.49. The molecular weight excluding hydrogens is 490 g/mol. The summed E-state index contributed by atoms with van der Waals surface area (Å²) in [5.74, 6) is 0.209. The quantitative estimate of drug-likeness (QED) is 0.370. The average molecular weight is 516 g/mol. The summed E-state index contributed by atoms with van der Waals surface area (Å²) < 4.78 is 25.8. The lowest BCUT2D eigenvalue weighted by Crippen LogP contribution is -2.32. The number of ether oxygens (including phenoxy) is 5. The number of aromatic nitrogens is 1. The van der Waals surface area contributed by atoms with Crippen molar-refractivity contribution >= 4 is 34.3 Å². The molecule has 3 aromatic rings. The standard InChI is InChI=1S/C24H25N3O8S/c1-31-15-6-8-18(32-2)16(10-15)17-13-36-24(26-17)27-21(28)12-35-22(29)11-25-23(30)14-5-7-19(33-3)20(9-14)34-4/h5-10,13H,11-12H2,1-4H3,(H,25,30)(H,26,27,28). The maximum Gasteiger partial charge on any atom is 0.325 e. The van der Waals surface area contributed by atoms with Gasteiger partial charge in [-0.3, -0.25) is 19.7 Å². The zero-order chi connectivity index (χ0) is 26.1. The number of carbonyl (C=O) groups is 3. The van der Waals surface area contributed by atoms with Gasteiger partial charge in [-0.2, -0.15) is 0 Å². The van der Waals surface area contributed by atoms with Crippen molar-refractivity contribution < 1.29 is 38.1 Å². The van der Waals surface area contributed by atoms with Crippen molar-refractivity contribution in [3.63, 3.8) is 0 Å². The van der Waals surface area contributed by atoms with Gasteiger partial charge in [0.1, 0.15) is 18.0 Å². The summed E-state index contributed by atoms with van der Waals surface area (Å²) in [5, 5.41) is 7.07. The average Bonchev–Trinajstić information content (AvgIpc) is 3.37. The van der Waals surface area contributed by atoms with Crippen LogP contribution in [-0.4, -0.2) is 64.4 Å². The number of esters is 1. The lowest BCUT2D eigenvalue weighted by atomic mass is 10.1. The smallest absolute Gasteiger partial charge is 0.325 e. The van der Waals surface area contributed by atoms with Gasteiger partial charge >= 0.3 is 5.97 Å². The monoisotopic (exact) mass is 515 g/mol. The van der Waals surface area contributed by atoms with E-state index in [2.05, 4.69) is 15.6 Å². The third-order valence-electron chi connectivity index (χ3n) is 4.84. The van der Waals surface area contributed by atoms with Crippen LogP contribution < -0.4 is 29.6 Å². The van der Waals surface area contributed by atoms with Crippen LogP contribution in [0.5, 0.6) is 23.0 Å². The molecule has 11 nitrogen and oxygen atoms in total. The van der Waals surface area contributed by atoms with Crippen molar-refractivity contribution in [2.45, 2.75) is 0 Å². The second kappa shape index (κ2) is 12.4. The highest BCUT2D eigenvalue weighted by molar-refractivity contribution is 7.14. The van der Waals surface area contributed by atoms with E-state index in [4.69, 9.17) is 23.7 Å². The first-order chi connectivity index (χ1) is 17.4. The first-order valence-corrected chi connectivity index (χ1v) is 11.4. The summed E-state index contributed by atoms with van der Waals surface area (Å²) in [5.41, 5.74) is 1.55. The molecule has 1 heterocycles. The second-order valence-electron chi connectivity index (χ2n) is 7.07. The van der Waals surface area contributed by atoms with Crippen LogP contribution >= 0.6 is 11.3 Å². The number of thiazole rings is 1. The van der Waals surface area contributed by atoms with Crippen LogP contribution in [0, 0.1) is 0 Å². The summed E-state index contributed by atoms with van der Waals surface area (Å²) in [7, 11) is 6.03. The Morgan fingerprint density at radius 3 is 2.31 bits per heavy atom. The Hall–Kier alpha value is -4.32. The van der Waals surface area contributed by atoms with Crippen molar-refractivity contribution in [3.05, 3.63) is 47.3 Å². The number of hydrogen-bond donors (Lipinski definition) is 2. The van der Waals surface area contributed by atoms with Crippen LogP contribution in [0.4, 0.5) is 5.13 Å². The van der Waals surface area contributed by atoms with Gasteiger partial charge in [0.05, 0.1) is 34.1 Å². The Kier molecular flexibility index (Phi) is 9.06. The van der Waals surface area contributed by atoms with Crippen molar-refractivity contribution in [2.75, 3.05) is 46.9 Å². The number of amides is 2. The number of hydrogen-bond acceptors (Lipinski definition) is 10. The first-order valence-electron chi connectivity index (χ1n) is 10.5. The first kappa shape index (κ1) is 26.3. The molecule has 0 radical (unpaired) electrons. The fraction of sp³-hybridized carbons (Fsp3) is 0.250. The Labute approximate surface area is 211 Å². The van der Waals surface area contributed by atoms with Gasteiger partial charge in [0.25, 0.3) is 11.8 Å². The van der Waals surface area contributed by atoms with E-state index in [1.54, 1.807) is 43.9 Å². The molecule has 0 fully saturated rings. The molecule has 190 valence electrons. The maximum atomic E-state index is 12.3. The van der Waals surface area contributed by atoms with Crippen LogP contribution in [-0.2, 0) is 14.3 Å². The number of nitrogens with one attached hydrogen (secondary N) is 2. The highest BCUT2D eigenvalue weighted by Crippen LogP contribution is 2.35. The zero-order valence-corrected chi connectivity index (χ0v) is 20.9. The third kappa shape index (κ3) is 6.63. The fourth-order valence-electron chi connectivity index (χ4n) is 3.05. The van der Waals surface area contributed by atoms with E-state index in [0.717, 1.165) is 0 Å². The number of rotatable bonds is 11. The predicted octanol–water partition coefficient (Wildman–Crippen LogP) is 2.76. The summed E-state index contributed by atoms with van der Waals surface area (Å²) in [4.78, 5) is 40.8. The molecule has 0 saturated heterocycles. The van der Waals surface area contributed by atoms with Crippen molar-refractivity contribution in [1.29, 1.82) is 0 Å². The highest BCUT2D eigenvalue weighted by atomic mass is 32.1. The molecular formula is C24H25N3O8S. The summed E-state index contributed by atoms with van der Waals surface area (Å²) >= 11 is 1.20. The summed E-state index contributed by atoms with van der Waals surface area (Å²) in [6, 6.07) is 9.88. The Bertz CT molecular complexity index is 1240. The highest BCUT2D eigenvalue weighted by Gasteiger charge is 2.16. The van der Waals surface area contributed by atoms with E-state index in [1.165, 1.54) is 37.7 Å². The largest absolute Gasteiger partial charge is 0.497 e. The Morgan fingerprint density at radius 1 is 0.889 bits per heavy atom. The lowest BCUT2D eigenvalue weighted by molar-refractivity contribution is -0.146. The normalized spacial score (nSPS) is 10.2. The van der Waals surface area contributed by atoms with E-state index < -0.39 is 30.9 Å². The van der Waals surface area contributed by atoms with Crippen LogP contribution in [0.3, 0.4) is 0 Å². The van der Waals surface area contributed by atoms with E-state index in [9.17, 15) is 14.4 Å². The molecule has 0 aliphatic rings. The van der Waals surface area contributed by atoms with E-state index >= 15 is 0 Å².